The summed E-state index contributed by atoms with van der Waals surface area (Å²) in [5.74, 6) is 2.59. The van der Waals surface area contributed by atoms with E-state index in [0.29, 0.717) is 30.0 Å². The van der Waals surface area contributed by atoms with Gasteiger partial charge < -0.3 is 4.57 Å². The molecule has 0 spiro atoms. The maximum absolute atomic E-state index is 12.8. The number of carbonyl (C=O) groups excluding carboxylic acids is 2. The number of nitrogens with zero attached hydrogens (tertiary/aromatic N) is 2. The molecule has 4 aliphatic rings. The van der Waals surface area contributed by atoms with Gasteiger partial charge >= 0.3 is 0 Å². The predicted molar refractivity (Wildman–Crippen MR) is 99.1 cm³/mol. The molecule has 1 aromatic heterocycles. The predicted octanol–water partition coefficient (Wildman–Crippen LogP) is 4.27. The van der Waals surface area contributed by atoms with Crippen LogP contribution in [-0.2, 0) is 9.59 Å². The van der Waals surface area contributed by atoms with Crippen molar-refractivity contribution >= 4 is 17.3 Å². The number of ketones is 2. The Morgan fingerprint density at radius 1 is 1.00 bits per heavy atom. The molecule has 0 aliphatic heterocycles. The van der Waals surface area contributed by atoms with Crippen molar-refractivity contribution in [2.24, 2.45) is 28.6 Å². The molecule has 0 amide bonds. The Hall–Kier alpha value is -1.71. The average molecular weight is 352 g/mol. The standard InChI is InChI=1S/C22H28N2O2/c1-21-10-8-18(25)20(24-12-11-23-13-24)17(21)4-3-14-15-5-6-19(26)22(15,2)9-7-16(14)21/h11-16H,3-10H2,1-2H3/t14-,15-,16-,21+,22-/m0/s1. The molecule has 26 heavy (non-hydrogen) atoms. The van der Waals surface area contributed by atoms with E-state index in [9.17, 15) is 9.59 Å². The number of Topliss-reactive ketones (excluding diaryl/α,β-unsaturated/α-hetero) is 2. The number of fused-ring (bicyclic) bond motifs is 5. The zero-order valence-electron chi connectivity index (χ0n) is 15.8. The third kappa shape index (κ3) is 1.99. The van der Waals surface area contributed by atoms with Crippen LogP contribution in [0.25, 0.3) is 5.70 Å². The first-order valence-corrected chi connectivity index (χ1v) is 10.2. The number of carbonyl (C=O) groups is 2. The first-order chi connectivity index (χ1) is 12.4. The van der Waals surface area contributed by atoms with Gasteiger partial charge in [-0.25, -0.2) is 4.98 Å². The number of imidazole rings is 1. The van der Waals surface area contributed by atoms with Crippen molar-refractivity contribution in [2.75, 3.05) is 0 Å². The Morgan fingerprint density at radius 3 is 2.58 bits per heavy atom. The lowest BCUT2D eigenvalue weighted by Gasteiger charge is -2.57. The molecule has 138 valence electrons. The number of aromatic nitrogens is 2. The van der Waals surface area contributed by atoms with Crippen molar-refractivity contribution in [1.82, 2.24) is 9.55 Å². The molecule has 0 radical (unpaired) electrons. The molecule has 5 atom stereocenters. The molecule has 3 fully saturated rings. The highest BCUT2D eigenvalue weighted by atomic mass is 16.1. The number of allylic oxidation sites excluding steroid dienone is 1. The summed E-state index contributed by atoms with van der Waals surface area (Å²) in [7, 11) is 0. The van der Waals surface area contributed by atoms with Gasteiger partial charge in [-0.15, -0.1) is 0 Å². The van der Waals surface area contributed by atoms with E-state index < -0.39 is 0 Å². The summed E-state index contributed by atoms with van der Waals surface area (Å²) in [6.07, 6.45) is 13.2. The number of hydrogen-bond acceptors (Lipinski definition) is 3. The molecular formula is C22H28N2O2. The largest absolute Gasteiger partial charge is 0.303 e. The fraction of sp³-hybridized carbons (Fsp3) is 0.682. The molecule has 0 unspecified atom stereocenters. The third-order valence-corrected chi connectivity index (χ3v) is 8.57. The van der Waals surface area contributed by atoms with Crippen LogP contribution < -0.4 is 0 Å². The molecule has 1 heterocycles. The molecular weight excluding hydrogens is 324 g/mol. The van der Waals surface area contributed by atoms with E-state index in [1.165, 1.54) is 5.57 Å². The fourth-order valence-corrected chi connectivity index (χ4v) is 7.15. The average Bonchev–Trinajstić information content (AvgIpc) is 3.24. The second-order valence-electron chi connectivity index (χ2n) is 9.47. The molecule has 1 aromatic rings. The zero-order valence-corrected chi connectivity index (χ0v) is 15.8. The van der Waals surface area contributed by atoms with Crippen molar-refractivity contribution in [3.63, 3.8) is 0 Å². The molecule has 4 aliphatic carbocycles. The van der Waals surface area contributed by atoms with Crippen LogP contribution in [0.5, 0.6) is 0 Å². The summed E-state index contributed by atoms with van der Waals surface area (Å²) in [4.78, 5) is 29.5. The van der Waals surface area contributed by atoms with Crippen LogP contribution in [-0.4, -0.2) is 21.1 Å². The minimum Gasteiger partial charge on any atom is -0.303 e. The highest BCUT2D eigenvalue weighted by Crippen LogP contribution is 2.65. The normalized spacial score (nSPS) is 42.5. The minimum atomic E-state index is -0.0730. The molecule has 4 heteroatoms. The monoisotopic (exact) mass is 352 g/mol. The minimum absolute atomic E-state index is 0.0730. The summed E-state index contributed by atoms with van der Waals surface area (Å²) in [6.45, 7) is 4.64. The van der Waals surface area contributed by atoms with Crippen LogP contribution in [0.15, 0.2) is 24.3 Å². The molecule has 3 saturated carbocycles. The van der Waals surface area contributed by atoms with E-state index in [1.807, 2.05) is 10.8 Å². The smallest absolute Gasteiger partial charge is 0.179 e. The SMILES string of the molecule is C[C@]12CCC(=O)C(n3ccnc3)=C1CC[C@@H]1[C@@H]2CC[C@]2(C)C(=O)CC[C@@H]12. The maximum Gasteiger partial charge on any atom is 0.179 e. The van der Waals surface area contributed by atoms with Crippen LogP contribution in [0.3, 0.4) is 0 Å². The fourth-order valence-electron chi connectivity index (χ4n) is 7.15. The Morgan fingerprint density at radius 2 is 1.81 bits per heavy atom. The van der Waals surface area contributed by atoms with E-state index in [2.05, 4.69) is 18.8 Å². The lowest BCUT2D eigenvalue weighted by Crippen LogP contribution is -2.51. The van der Waals surface area contributed by atoms with Crippen molar-refractivity contribution < 1.29 is 9.59 Å². The summed E-state index contributed by atoms with van der Waals surface area (Å²) in [5, 5.41) is 0. The van der Waals surface area contributed by atoms with E-state index in [1.54, 1.807) is 12.5 Å². The van der Waals surface area contributed by atoms with Crippen LogP contribution in [0.4, 0.5) is 0 Å². The van der Waals surface area contributed by atoms with Crippen molar-refractivity contribution in [3.8, 4) is 0 Å². The summed E-state index contributed by atoms with van der Waals surface area (Å²) < 4.78 is 1.95. The quantitative estimate of drug-likeness (QED) is 0.758. The molecule has 5 rings (SSSR count). The Kier molecular flexibility index (Phi) is 3.42. The van der Waals surface area contributed by atoms with Crippen LogP contribution in [0.2, 0.25) is 0 Å². The molecule has 4 nitrogen and oxygen atoms in total. The summed E-state index contributed by atoms with van der Waals surface area (Å²) >= 11 is 0. The van der Waals surface area contributed by atoms with E-state index in [0.717, 1.165) is 50.6 Å². The van der Waals surface area contributed by atoms with E-state index in [-0.39, 0.29) is 16.6 Å². The van der Waals surface area contributed by atoms with Crippen LogP contribution in [0, 0.1) is 28.6 Å². The Labute approximate surface area is 155 Å². The van der Waals surface area contributed by atoms with Gasteiger partial charge in [-0.2, -0.15) is 0 Å². The summed E-state index contributed by atoms with van der Waals surface area (Å²) in [5.41, 5.74) is 2.28. The van der Waals surface area contributed by atoms with Crippen LogP contribution in [0.1, 0.15) is 65.2 Å². The second kappa shape index (κ2) is 5.40. The third-order valence-electron chi connectivity index (χ3n) is 8.57. The van der Waals surface area contributed by atoms with Gasteiger partial charge in [0.1, 0.15) is 5.78 Å². The summed E-state index contributed by atoms with van der Waals surface area (Å²) in [6, 6.07) is 0. The lowest BCUT2D eigenvalue weighted by atomic mass is 9.47. The van der Waals surface area contributed by atoms with Gasteiger partial charge in [0.25, 0.3) is 0 Å². The number of hydrogen-bond donors (Lipinski definition) is 0. The van der Waals surface area contributed by atoms with Gasteiger partial charge in [-0.3, -0.25) is 9.59 Å². The van der Waals surface area contributed by atoms with Crippen molar-refractivity contribution in [2.45, 2.75) is 65.2 Å². The van der Waals surface area contributed by atoms with Crippen molar-refractivity contribution in [1.29, 1.82) is 0 Å². The van der Waals surface area contributed by atoms with Gasteiger partial charge in [0.15, 0.2) is 5.78 Å². The molecule has 0 saturated heterocycles. The van der Waals surface area contributed by atoms with Gasteiger partial charge in [0.05, 0.1) is 12.0 Å². The zero-order chi connectivity index (χ0) is 18.1. The van der Waals surface area contributed by atoms with E-state index >= 15 is 0 Å². The highest BCUT2D eigenvalue weighted by molar-refractivity contribution is 6.17. The molecule has 0 bridgehead atoms. The van der Waals surface area contributed by atoms with Crippen LogP contribution >= 0.6 is 0 Å². The topological polar surface area (TPSA) is 52.0 Å². The molecule has 0 aromatic carbocycles. The van der Waals surface area contributed by atoms with Gasteiger partial charge in [-0.05, 0) is 67.3 Å². The first-order valence-electron chi connectivity index (χ1n) is 10.2. The lowest BCUT2D eigenvalue weighted by molar-refractivity contribution is -0.132. The second-order valence-corrected chi connectivity index (χ2v) is 9.47. The Balaban J connectivity index is 1.58. The highest BCUT2D eigenvalue weighted by Gasteiger charge is 2.59. The van der Waals surface area contributed by atoms with Gasteiger partial charge in [0, 0.05) is 30.7 Å². The van der Waals surface area contributed by atoms with Crippen molar-refractivity contribution in [3.05, 3.63) is 24.3 Å². The van der Waals surface area contributed by atoms with Gasteiger partial charge in [-0.1, -0.05) is 13.8 Å². The maximum atomic E-state index is 12.8. The Bertz CT molecular complexity index is 808. The van der Waals surface area contributed by atoms with Gasteiger partial charge in [0.2, 0.25) is 0 Å². The number of rotatable bonds is 1. The molecule has 0 N–H and O–H groups in total. The van der Waals surface area contributed by atoms with E-state index in [4.69, 9.17) is 0 Å². The first kappa shape index (κ1) is 16.5.